The SMILES string of the molecule is CCN(Cc1cccc(F)c1)C(=O)CSc1nnc(C)n1-c1cccc(NC(C)=O)c1. The largest absolute Gasteiger partial charge is 0.338 e. The monoisotopic (exact) mass is 441 g/mol. The van der Waals surface area contributed by atoms with Crippen LogP contribution in [0.4, 0.5) is 10.1 Å². The molecule has 0 unspecified atom stereocenters. The number of hydrogen-bond acceptors (Lipinski definition) is 5. The van der Waals surface area contributed by atoms with E-state index >= 15 is 0 Å². The highest BCUT2D eigenvalue weighted by molar-refractivity contribution is 7.99. The molecule has 0 atom stereocenters. The highest BCUT2D eigenvalue weighted by Crippen LogP contribution is 2.24. The van der Waals surface area contributed by atoms with Crippen molar-refractivity contribution in [3.63, 3.8) is 0 Å². The van der Waals surface area contributed by atoms with Crippen molar-refractivity contribution in [1.82, 2.24) is 19.7 Å². The second kappa shape index (κ2) is 10.2. The number of benzene rings is 2. The van der Waals surface area contributed by atoms with Crippen molar-refractivity contribution in [2.45, 2.75) is 32.5 Å². The summed E-state index contributed by atoms with van der Waals surface area (Å²) >= 11 is 1.28. The minimum absolute atomic E-state index is 0.0732. The van der Waals surface area contributed by atoms with Gasteiger partial charge in [0.1, 0.15) is 11.6 Å². The average Bonchev–Trinajstić information content (AvgIpc) is 3.10. The second-order valence-electron chi connectivity index (χ2n) is 6.92. The van der Waals surface area contributed by atoms with Crippen LogP contribution in [0.25, 0.3) is 5.69 Å². The Bertz CT molecular complexity index is 1090. The molecule has 3 rings (SSSR count). The Balaban J connectivity index is 1.72. The predicted molar refractivity (Wildman–Crippen MR) is 119 cm³/mol. The molecule has 0 fully saturated rings. The summed E-state index contributed by atoms with van der Waals surface area (Å²) in [6, 6.07) is 13.6. The zero-order valence-electron chi connectivity index (χ0n) is 17.6. The van der Waals surface area contributed by atoms with Gasteiger partial charge in [-0.25, -0.2) is 4.39 Å². The molecule has 31 heavy (non-hydrogen) atoms. The van der Waals surface area contributed by atoms with Gasteiger partial charge in [-0.2, -0.15) is 0 Å². The van der Waals surface area contributed by atoms with E-state index in [2.05, 4.69) is 15.5 Å². The summed E-state index contributed by atoms with van der Waals surface area (Å²) in [4.78, 5) is 25.8. The molecule has 0 radical (unpaired) electrons. The highest BCUT2D eigenvalue weighted by Gasteiger charge is 2.17. The molecule has 9 heteroatoms. The third-order valence-corrected chi connectivity index (χ3v) is 5.46. The van der Waals surface area contributed by atoms with E-state index in [1.165, 1.54) is 30.8 Å². The molecule has 1 N–H and O–H groups in total. The van der Waals surface area contributed by atoms with E-state index in [1.807, 2.05) is 36.6 Å². The summed E-state index contributed by atoms with van der Waals surface area (Å²) in [6.07, 6.45) is 0. The number of nitrogens with one attached hydrogen (secondary N) is 1. The number of hydrogen-bond donors (Lipinski definition) is 1. The summed E-state index contributed by atoms with van der Waals surface area (Å²) in [7, 11) is 0. The summed E-state index contributed by atoms with van der Waals surface area (Å²) < 4.78 is 15.3. The van der Waals surface area contributed by atoms with Gasteiger partial charge in [0.15, 0.2) is 5.16 Å². The topological polar surface area (TPSA) is 80.1 Å². The minimum Gasteiger partial charge on any atom is -0.338 e. The van der Waals surface area contributed by atoms with Gasteiger partial charge in [-0.3, -0.25) is 14.2 Å². The molecule has 1 aromatic heterocycles. The standard InChI is InChI=1S/C22H24FN5O2S/c1-4-27(13-17-7-5-8-18(23)11-17)21(30)14-31-22-26-25-15(2)28(22)20-10-6-9-19(12-20)24-16(3)29/h5-12H,4,13-14H2,1-3H3,(H,24,29). The first-order chi connectivity index (χ1) is 14.9. The van der Waals surface area contributed by atoms with E-state index in [4.69, 9.17) is 0 Å². The van der Waals surface area contributed by atoms with Crippen LogP contribution in [-0.4, -0.2) is 43.8 Å². The molecule has 1 heterocycles. The summed E-state index contributed by atoms with van der Waals surface area (Å²) in [6.45, 7) is 6.03. The molecule has 7 nitrogen and oxygen atoms in total. The number of carbonyl (C=O) groups excluding carboxylic acids is 2. The zero-order valence-corrected chi connectivity index (χ0v) is 18.4. The zero-order chi connectivity index (χ0) is 22.4. The maximum Gasteiger partial charge on any atom is 0.233 e. The number of thioether (sulfide) groups is 1. The number of rotatable bonds is 8. The fourth-order valence-corrected chi connectivity index (χ4v) is 4.01. The molecule has 0 aliphatic rings. The molecule has 0 saturated carbocycles. The van der Waals surface area contributed by atoms with Crippen LogP contribution in [0.2, 0.25) is 0 Å². The van der Waals surface area contributed by atoms with E-state index < -0.39 is 0 Å². The van der Waals surface area contributed by atoms with Gasteiger partial charge < -0.3 is 10.2 Å². The van der Waals surface area contributed by atoms with Crippen molar-refractivity contribution in [2.75, 3.05) is 17.6 Å². The maximum atomic E-state index is 13.4. The first kappa shape index (κ1) is 22.5. The maximum absolute atomic E-state index is 13.4. The van der Waals surface area contributed by atoms with Gasteiger partial charge in [0.2, 0.25) is 11.8 Å². The number of nitrogens with zero attached hydrogens (tertiary/aromatic N) is 4. The second-order valence-corrected chi connectivity index (χ2v) is 7.87. The van der Waals surface area contributed by atoms with Gasteiger partial charge in [-0.05, 0) is 49.7 Å². The van der Waals surface area contributed by atoms with Crippen molar-refractivity contribution in [1.29, 1.82) is 0 Å². The van der Waals surface area contributed by atoms with Crippen LogP contribution < -0.4 is 5.32 Å². The molecule has 0 aliphatic carbocycles. The smallest absolute Gasteiger partial charge is 0.233 e. The number of carbonyl (C=O) groups is 2. The van der Waals surface area contributed by atoms with Gasteiger partial charge in [0, 0.05) is 25.7 Å². The van der Waals surface area contributed by atoms with Crippen molar-refractivity contribution in [2.24, 2.45) is 0 Å². The van der Waals surface area contributed by atoms with E-state index in [-0.39, 0.29) is 23.4 Å². The normalized spacial score (nSPS) is 10.7. The first-order valence-electron chi connectivity index (χ1n) is 9.82. The lowest BCUT2D eigenvalue weighted by Crippen LogP contribution is -2.31. The Hall–Kier alpha value is -3.20. The molecule has 0 bridgehead atoms. The first-order valence-corrected chi connectivity index (χ1v) is 10.8. The number of halogens is 1. The lowest BCUT2D eigenvalue weighted by Gasteiger charge is -2.21. The van der Waals surface area contributed by atoms with Crippen LogP contribution in [0.3, 0.4) is 0 Å². The Labute approximate surface area is 184 Å². The molecule has 2 aromatic carbocycles. The van der Waals surface area contributed by atoms with E-state index in [1.54, 1.807) is 23.1 Å². The van der Waals surface area contributed by atoms with Crippen LogP contribution >= 0.6 is 11.8 Å². The summed E-state index contributed by atoms with van der Waals surface area (Å²) in [5.74, 6) is 0.293. The third kappa shape index (κ3) is 5.91. The molecule has 0 aliphatic heterocycles. The Morgan fingerprint density at radius 3 is 2.65 bits per heavy atom. The van der Waals surface area contributed by atoms with Crippen molar-refractivity contribution in [3.05, 3.63) is 65.7 Å². The van der Waals surface area contributed by atoms with Crippen molar-refractivity contribution in [3.8, 4) is 5.69 Å². The Kier molecular flexibility index (Phi) is 7.41. The fraction of sp³-hybridized carbons (Fsp3) is 0.273. The van der Waals surface area contributed by atoms with Crippen LogP contribution in [0, 0.1) is 12.7 Å². The summed E-state index contributed by atoms with van der Waals surface area (Å²) in [5.41, 5.74) is 2.20. The molecule has 2 amide bonds. The third-order valence-electron chi connectivity index (χ3n) is 4.54. The minimum atomic E-state index is -0.319. The van der Waals surface area contributed by atoms with Gasteiger partial charge in [0.25, 0.3) is 0 Å². The Morgan fingerprint density at radius 1 is 1.16 bits per heavy atom. The van der Waals surface area contributed by atoms with Gasteiger partial charge >= 0.3 is 0 Å². The van der Waals surface area contributed by atoms with Crippen molar-refractivity contribution < 1.29 is 14.0 Å². The van der Waals surface area contributed by atoms with E-state index in [9.17, 15) is 14.0 Å². The number of amides is 2. The van der Waals surface area contributed by atoms with Gasteiger partial charge in [-0.1, -0.05) is 30.0 Å². The molecule has 3 aromatic rings. The number of aromatic nitrogens is 3. The molecular formula is C22H24FN5O2S. The quantitative estimate of drug-likeness (QED) is 0.538. The summed E-state index contributed by atoms with van der Waals surface area (Å²) in [5, 5.41) is 11.7. The van der Waals surface area contributed by atoms with Crippen LogP contribution in [0.1, 0.15) is 25.2 Å². The lowest BCUT2D eigenvalue weighted by molar-refractivity contribution is -0.128. The average molecular weight is 442 g/mol. The molecular weight excluding hydrogens is 417 g/mol. The predicted octanol–water partition coefficient (Wildman–Crippen LogP) is 3.81. The van der Waals surface area contributed by atoms with Crippen LogP contribution in [-0.2, 0) is 16.1 Å². The molecule has 0 saturated heterocycles. The number of anilines is 1. The van der Waals surface area contributed by atoms with Crippen LogP contribution in [0.15, 0.2) is 53.7 Å². The highest BCUT2D eigenvalue weighted by atomic mass is 32.2. The number of aryl methyl sites for hydroxylation is 1. The van der Waals surface area contributed by atoms with Gasteiger partial charge in [-0.15, -0.1) is 10.2 Å². The fourth-order valence-electron chi connectivity index (χ4n) is 3.11. The lowest BCUT2D eigenvalue weighted by atomic mass is 10.2. The van der Waals surface area contributed by atoms with Crippen LogP contribution in [0.5, 0.6) is 0 Å². The van der Waals surface area contributed by atoms with E-state index in [0.29, 0.717) is 29.8 Å². The molecule has 0 spiro atoms. The van der Waals surface area contributed by atoms with Crippen molar-refractivity contribution >= 4 is 29.3 Å². The van der Waals surface area contributed by atoms with E-state index in [0.717, 1.165) is 11.3 Å². The van der Waals surface area contributed by atoms with Gasteiger partial charge in [0.05, 0.1) is 11.4 Å². The molecule has 162 valence electrons. The Morgan fingerprint density at radius 2 is 1.94 bits per heavy atom.